The zero-order chi connectivity index (χ0) is 17.8. The highest BCUT2D eigenvalue weighted by molar-refractivity contribution is 5.95. The van der Waals surface area contributed by atoms with Crippen molar-refractivity contribution in [3.8, 4) is 11.5 Å². The van der Waals surface area contributed by atoms with Crippen LogP contribution in [0, 0.1) is 5.92 Å². The molecule has 2 heterocycles. The van der Waals surface area contributed by atoms with Gasteiger partial charge in [0.15, 0.2) is 17.3 Å². The lowest BCUT2D eigenvalue weighted by atomic mass is 10.0. The molecule has 1 aliphatic rings. The van der Waals surface area contributed by atoms with Crippen molar-refractivity contribution in [1.29, 1.82) is 0 Å². The fourth-order valence-corrected chi connectivity index (χ4v) is 2.51. The number of ether oxygens (including phenoxy) is 2. The number of rotatable bonds is 6. The minimum Gasteiger partial charge on any atom is -0.459 e. The number of benzene rings is 1. The smallest absolute Gasteiger partial charge is 0.287 e. The Morgan fingerprint density at radius 1 is 1.16 bits per heavy atom. The van der Waals surface area contributed by atoms with Crippen LogP contribution in [-0.2, 0) is 11.3 Å². The predicted molar refractivity (Wildman–Crippen MR) is 89.2 cm³/mol. The van der Waals surface area contributed by atoms with Crippen molar-refractivity contribution in [2.75, 3.05) is 6.79 Å². The highest BCUT2D eigenvalue weighted by atomic mass is 16.7. The average molecular weight is 344 g/mol. The van der Waals surface area contributed by atoms with Gasteiger partial charge in [-0.15, -0.1) is 0 Å². The molecule has 0 radical (unpaired) electrons. The molecule has 7 heteroatoms. The lowest BCUT2D eigenvalue weighted by Crippen LogP contribution is -2.49. The molecule has 7 nitrogen and oxygen atoms in total. The van der Waals surface area contributed by atoms with Crippen LogP contribution in [0.25, 0.3) is 0 Å². The molecule has 2 aromatic rings. The molecule has 25 heavy (non-hydrogen) atoms. The maximum Gasteiger partial charge on any atom is 0.287 e. The molecule has 0 fully saturated rings. The van der Waals surface area contributed by atoms with Crippen LogP contribution in [-0.4, -0.2) is 24.6 Å². The van der Waals surface area contributed by atoms with Gasteiger partial charge in [0.2, 0.25) is 12.7 Å². The van der Waals surface area contributed by atoms with Crippen LogP contribution in [0.3, 0.4) is 0 Å². The monoisotopic (exact) mass is 344 g/mol. The normalized spacial score (nSPS) is 13.6. The summed E-state index contributed by atoms with van der Waals surface area (Å²) in [7, 11) is 0. The minimum atomic E-state index is -0.661. The van der Waals surface area contributed by atoms with Gasteiger partial charge in [-0.1, -0.05) is 19.9 Å². The number of hydrogen-bond acceptors (Lipinski definition) is 5. The molecule has 1 unspecified atom stereocenters. The Morgan fingerprint density at radius 2 is 1.96 bits per heavy atom. The predicted octanol–water partition coefficient (Wildman–Crippen LogP) is 2.08. The first-order valence-electron chi connectivity index (χ1n) is 8.05. The molecule has 0 saturated heterocycles. The van der Waals surface area contributed by atoms with Crippen LogP contribution < -0.4 is 20.1 Å². The van der Waals surface area contributed by atoms with E-state index in [0.717, 1.165) is 5.56 Å². The van der Waals surface area contributed by atoms with E-state index < -0.39 is 11.9 Å². The quantitative estimate of drug-likeness (QED) is 0.837. The Balaban J connectivity index is 1.60. The summed E-state index contributed by atoms with van der Waals surface area (Å²) in [6, 6.07) is 8.01. The summed E-state index contributed by atoms with van der Waals surface area (Å²) in [6.45, 7) is 4.27. The number of furan rings is 1. The third-order valence-corrected chi connectivity index (χ3v) is 3.88. The van der Waals surface area contributed by atoms with Gasteiger partial charge in [0.25, 0.3) is 5.91 Å². The molecule has 0 aliphatic carbocycles. The summed E-state index contributed by atoms with van der Waals surface area (Å²) in [5.74, 6) is 0.790. The fourth-order valence-electron chi connectivity index (χ4n) is 2.51. The van der Waals surface area contributed by atoms with Crippen molar-refractivity contribution in [2.24, 2.45) is 5.92 Å². The molecule has 1 atom stereocenters. The topological polar surface area (TPSA) is 89.8 Å². The number of carbonyl (C=O) groups is 2. The SMILES string of the molecule is CC(C)C(NC(=O)c1ccco1)C(=O)NCc1ccc2c(c1)OCO2. The average Bonchev–Trinajstić information content (AvgIpc) is 3.27. The van der Waals surface area contributed by atoms with E-state index in [9.17, 15) is 9.59 Å². The second-order valence-corrected chi connectivity index (χ2v) is 6.08. The van der Waals surface area contributed by atoms with Crippen LogP contribution in [0.5, 0.6) is 11.5 Å². The first-order valence-corrected chi connectivity index (χ1v) is 8.05. The van der Waals surface area contributed by atoms with Crippen molar-refractivity contribution in [3.63, 3.8) is 0 Å². The lowest BCUT2D eigenvalue weighted by molar-refractivity contribution is -0.124. The van der Waals surface area contributed by atoms with Crippen molar-refractivity contribution in [3.05, 3.63) is 47.9 Å². The van der Waals surface area contributed by atoms with Crippen molar-refractivity contribution < 1.29 is 23.5 Å². The maximum absolute atomic E-state index is 12.5. The van der Waals surface area contributed by atoms with Crippen molar-refractivity contribution in [1.82, 2.24) is 10.6 Å². The number of hydrogen-bond donors (Lipinski definition) is 2. The van der Waals surface area contributed by atoms with E-state index in [1.165, 1.54) is 6.26 Å². The van der Waals surface area contributed by atoms with Crippen LogP contribution in [0.1, 0.15) is 30.0 Å². The fraction of sp³-hybridized carbons (Fsp3) is 0.333. The summed E-state index contributed by atoms with van der Waals surface area (Å²) < 4.78 is 15.6. The van der Waals surface area contributed by atoms with Gasteiger partial charge in [-0.2, -0.15) is 0 Å². The van der Waals surface area contributed by atoms with E-state index in [1.54, 1.807) is 12.1 Å². The van der Waals surface area contributed by atoms with Gasteiger partial charge in [-0.05, 0) is 35.7 Å². The Bertz CT molecular complexity index is 755. The lowest BCUT2D eigenvalue weighted by Gasteiger charge is -2.21. The molecule has 2 amide bonds. The first-order chi connectivity index (χ1) is 12.0. The molecule has 132 valence electrons. The van der Waals surface area contributed by atoms with Gasteiger partial charge >= 0.3 is 0 Å². The molecule has 1 aromatic heterocycles. The highest BCUT2D eigenvalue weighted by Gasteiger charge is 2.25. The highest BCUT2D eigenvalue weighted by Crippen LogP contribution is 2.32. The van der Waals surface area contributed by atoms with Gasteiger partial charge in [-0.3, -0.25) is 9.59 Å². The Kier molecular flexibility index (Phi) is 4.92. The molecule has 0 saturated carbocycles. The number of fused-ring (bicyclic) bond motifs is 1. The zero-order valence-electron chi connectivity index (χ0n) is 14.1. The largest absolute Gasteiger partial charge is 0.459 e. The van der Waals surface area contributed by atoms with Crippen molar-refractivity contribution in [2.45, 2.75) is 26.4 Å². The third kappa shape index (κ3) is 3.93. The van der Waals surface area contributed by atoms with Crippen LogP contribution in [0.4, 0.5) is 0 Å². The van der Waals surface area contributed by atoms with E-state index in [-0.39, 0.29) is 24.4 Å². The molecule has 2 N–H and O–H groups in total. The summed E-state index contributed by atoms with van der Waals surface area (Å²) in [5, 5.41) is 5.55. The molecule has 1 aromatic carbocycles. The Morgan fingerprint density at radius 3 is 2.68 bits per heavy atom. The second-order valence-electron chi connectivity index (χ2n) is 6.08. The van der Waals surface area contributed by atoms with E-state index in [0.29, 0.717) is 18.0 Å². The standard InChI is InChI=1S/C18H20N2O5/c1-11(2)16(20-17(21)14-4-3-7-23-14)18(22)19-9-12-5-6-13-15(8-12)25-10-24-13/h3-8,11,16H,9-10H2,1-2H3,(H,19,22)(H,20,21). The number of nitrogens with one attached hydrogen (secondary N) is 2. The van der Waals surface area contributed by atoms with Gasteiger partial charge in [0, 0.05) is 6.54 Å². The molecule has 0 bridgehead atoms. The summed E-state index contributed by atoms with van der Waals surface area (Å²) >= 11 is 0. The molecule has 0 spiro atoms. The van der Waals surface area contributed by atoms with Crippen LogP contribution in [0.15, 0.2) is 41.0 Å². The first kappa shape index (κ1) is 16.9. The summed E-state index contributed by atoms with van der Waals surface area (Å²) in [6.07, 6.45) is 1.42. The summed E-state index contributed by atoms with van der Waals surface area (Å²) in [5.41, 5.74) is 0.887. The van der Waals surface area contributed by atoms with Gasteiger partial charge in [0.05, 0.1) is 6.26 Å². The van der Waals surface area contributed by atoms with E-state index in [4.69, 9.17) is 13.9 Å². The van der Waals surface area contributed by atoms with Crippen LogP contribution >= 0.6 is 0 Å². The van der Waals surface area contributed by atoms with Gasteiger partial charge in [-0.25, -0.2) is 0 Å². The van der Waals surface area contributed by atoms with Crippen molar-refractivity contribution >= 4 is 11.8 Å². The molecular weight excluding hydrogens is 324 g/mol. The van der Waals surface area contributed by atoms with Gasteiger partial charge in [0.1, 0.15) is 6.04 Å². The third-order valence-electron chi connectivity index (χ3n) is 3.88. The van der Waals surface area contributed by atoms with Gasteiger partial charge < -0.3 is 24.5 Å². The second kappa shape index (κ2) is 7.29. The number of amides is 2. The van der Waals surface area contributed by atoms with E-state index in [1.807, 2.05) is 32.0 Å². The minimum absolute atomic E-state index is 0.0735. The summed E-state index contributed by atoms with van der Waals surface area (Å²) in [4.78, 5) is 24.6. The van der Waals surface area contributed by atoms with Crippen LogP contribution in [0.2, 0.25) is 0 Å². The zero-order valence-corrected chi connectivity index (χ0v) is 14.1. The molecule has 1 aliphatic heterocycles. The van der Waals surface area contributed by atoms with E-state index >= 15 is 0 Å². The van der Waals surface area contributed by atoms with E-state index in [2.05, 4.69) is 10.6 Å². The Hall–Kier alpha value is -2.96. The Labute approximate surface area is 145 Å². The molecule has 3 rings (SSSR count). The number of carbonyl (C=O) groups excluding carboxylic acids is 2. The molecular formula is C18H20N2O5. The maximum atomic E-state index is 12.5.